The molecular weight excluding hydrogens is 496 g/mol. The number of aliphatic carboxylic acids is 1. The van der Waals surface area contributed by atoms with Crippen molar-refractivity contribution >= 4 is 26.6 Å². The van der Waals surface area contributed by atoms with Gasteiger partial charge in [-0.15, -0.1) is 0 Å². The van der Waals surface area contributed by atoms with Gasteiger partial charge in [-0.1, -0.05) is 21.8 Å². The Morgan fingerprint density at radius 2 is 1.58 bits per heavy atom. The van der Waals surface area contributed by atoms with Gasteiger partial charge in [-0.05, 0) is 45.3 Å². The summed E-state index contributed by atoms with van der Waals surface area (Å²) in [6, 6.07) is -0.864. The Bertz CT molecular complexity index is 636. The van der Waals surface area contributed by atoms with Crippen LogP contribution in [0.25, 0.3) is 0 Å². The van der Waals surface area contributed by atoms with Crippen LogP contribution in [0.15, 0.2) is 0 Å². The maximum absolute atomic E-state index is 12.2. The SMILES string of the molecule is C.C.CCC(CC(CC(CC(CC(C)N)NCC(O)COC[Si]([O-])([O-])[O-])C(=O)N[O-])C(N)=O)C(=O)O. The monoisotopic (exact) mass is 540 g/mol. The third-order valence-corrected chi connectivity index (χ3v) is 5.87. The number of primary amides is 1. The van der Waals surface area contributed by atoms with E-state index in [1.54, 1.807) is 13.8 Å². The van der Waals surface area contributed by atoms with Crippen LogP contribution in [0.2, 0.25) is 0 Å². The maximum atomic E-state index is 12.2. The predicted molar refractivity (Wildman–Crippen MR) is 129 cm³/mol. The molecule has 2 amide bonds. The zero-order valence-corrected chi connectivity index (χ0v) is 20.4. The van der Waals surface area contributed by atoms with Gasteiger partial charge in [-0.3, -0.25) is 14.4 Å². The topological polar surface area (TPSA) is 269 Å². The minimum absolute atomic E-state index is 0. The van der Waals surface area contributed by atoms with Gasteiger partial charge in [0.1, 0.15) is 0 Å². The number of hydrogen-bond donors (Lipinski definition) is 6. The maximum Gasteiger partial charge on any atom is 0.306 e. The fourth-order valence-electron chi connectivity index (χ4n) is 3.59. The predicted octanol–water partition coefficient (Wildman–Crippen LogP) is -3.50. The van der Waals surface area contributed by atoms with Crippen LogP contribution < -0.4 is 36.7 Å². The molecule has 8 N–H and O–H groups in total. The highest BCUT2D eigenvalue weighted by Gasteiger charge is 2.31. The van der Waals surface area contributed by atoms with E-state index in [1.807, 2.05) is 0 Å². The van der Waals surface area contributed by atoms with Crippen molar-refractivity contribution in [3.63, 3.8) is 0 Å². The smallest absolute Gasteiger partial charge is 0.306 e. The van der Waals surface area contributed by atoms with E-state index in [9.17, 15) is 44.2 Å². The molecule has 0 aliphatic heterocycles. The summed E-state index contributed by atoms with van der Waals surface area (Å²) in [5, 5.41) is 33.3. The average molecular weight is 541 g/mol. The van der Waals surface area contributed by atoms with Gasteiger partial charge >= 0.3 is 5.97 Å². The number of carboxylic acids is 1. The van der Waals surface area contributed by atoms with Gasteiger partial charge in [0.25, 0.3) is 0 Å². The molecule has 0 saturated carbocycles. The third-order valence-electron chi connectivity index (χ3n) is 5.31. The summed E-state index contributed by atoms with van der Waals surface area (Å²) >= 11 is 0. The second-order valence-corrected chi connectivity index (χ2v) is 10.2. The Morgan fingerprint density at radius 3 is 2.00 bits per heavy atom. The number of nitrogens with one attached hydrogen (secondary N) is 2. The second-order valence-electron chi connectivity index (χ2n) is 8.58. The van der Waals surface area contributed by atoms with Crippen LogP contribution in [0, 0.1) is 23.0 Å². The van der Waals surface area contributed by atoms with Crippen molar-refractivity contribution in [1.29, 1.82) is 0 Å². The quantitative estimate of drug-likeness (QED) is 0.0688. The van der Waals surface area contributed by atoms with E-state index in [1.165, 1.54) is 5.48 Å². The van der Waals surface area contributed by atoms with Crippen molar-refractivity contribution in [3.05, 3.63) is 5.21 Å². The Morgan fingerprint density at radius 1 is 1.03 bits per heavy atom. The van der Waals surface area contributed by atoms with Gasteiger partial charge in [-0.2, -0.15) is 0 Å². The first kappa shape index (κ1) is 38.8. The van der Waals surface area contributed by atoms with Crippen LogP contribution >= 0.6 is 0 Å². The Hall–Kier alpha value is -1.69. The van der Waals surface area contributed by atoms with Crippen LogP contribution in [-0.4, -0.2) is 74.4 Å². The molecule has 14 nitrogen and oxygen atoms in total. The molecule has 0 spiro atoms. The zero-order valence-electron chi connectivity index (χ0n) is 19.4. The van der Waals surface area contributed by atoms with Crippen LogP contribution in [0.5, 0.6) is 0 Å². The second kappa shape index (κ2) is 19.4. The van der Waals surface area contributed by atoms with Gasteiger partial charge in [0.15, 0.2) is 0 Å². The molecule has 15 heteroatoms. The minimum Gasteiger partial charge on any atom is -0.880 e. The first-order chi connectivity index (χ1) is 15.7. The number of amides is 2. The van der Waals surface area contributed by atoms with Gasteiger partial charge < -0.3 is 56.8 Å². The molecule has 216 valence electrons. The summed E-state index contributed by atoms with van der Waals surface area (Å²) < 4.78 is 4.66. The van der Waals surface area contributed by atoms with Gasteiger partial charge in [-0.25, -0.2) is 8.80 Å². The average Bonchev–Trinajstić information content (AvgIpc) is 2.71. The summed E-state index contributed by atoms with van der Waals surface area (Å²) in [5.41, 5.74) is 12.6. The molecule has 0 fully saturated rings. The summed E-state index contributed by atoms with van der Waals surface area (Å²) in [5.74, 6) is -5.61. The lowest BCUT2D eigenvalue weighted by atomic mass is 9.82. The first-order valence-corrected chi connectivity index (χ1v) is 12.9. The molecule has 36 heavy (non-hydrogen) atoms. The molecule has 0 aliphatic carbocycles. The van der Waals surface area contributed by atoms with Crippen molar-refractivity contribution in [2.45, 2.75) is 79.0 Å². The fourth-order valence-corrected chi connectivity index (χ4v) is 3.96. The number of ether oxygens (including phenoxy) is 1. The van der Waals surface area contributed by atoms with Gasteiger partial charge in [0.05, 0.1) is 18.6 Å². The molecule has 0 aromatic rings. The Kier molecular flexibility index (Phi) is 20.9. The van der Waals surface area contributed by atoms with E-state index in [2.05, 4.69) is 10.1 Å². The van der Waals surface area contributed by atoms with E-state index in [0.717, 1.165) is 0 Å². The highest BCUT2D eigenvalue weighted by molar-refractivity contribution is 6.50. The fraction of sp³-hybridized carbons (Fsp3) is 0.857. The number of hydroxylamine groups is 1. The highest BCUT2D eigenvalue weighted by Crippen LogP contribution is 2.26. The van der Waals surface area contributed by atoms with Crippen molar-refractivity contribution < 1.29 is 43.7 Å². The van der Waals surface area contributed by atoms with E-state index in [0.29, 0.717) is 6.42 Å². The number of carboxylic acid groups (broad SMARTS) is 1. The molecule has 0 radical (unpaired) electrons. The number of rotatable bonds is 19. The Balaban J connectivity index is -0.00000544. The van der Waals surface area contributed by atoms with Crippen LogP contribution in [0.1, 0.15) is 60.8 Å². The molecular formula is C21H44N4O10Si-4. The largest absolute Gasteiger partial charge is 0.880 e. The number of nitrogens with two attached hydrogens (primary N) is 2. The standard InChI is InChI=1S/C19H36N4O10Si.2CH4/c1-3-12(19(27)28)5-13(17(21)25)6-14(18(26)23-29)7-15(4-11(2)20)22-8-16(24)9-33-10-34(30,31)32;;/h11-16,22,24H,3-10,20H2,1-2H3,(H4-,21,23,25,26,27,28,29);2*1H4/q-4;;. The van der Waals surface area contributed by atoms with Gasteiger partial charge in [0, 0.05) is 30.5 Å². The van der Waals surface area contributed by atoms with E-state index in [-0.39, 0.29) is 53.1 Å². The highest BCUT2D eigenvalue weighted by atomic mass is 28.4. The number of carbonyl (C=O) groups is 3. The number of hydrogen-bond acceptors (Lipinski definition) is 11. The van der Waals surface area contributed by atoms with Crippen LogP contribution in [0.4, 0.5) is 0 Å². The molecule has 0 bridgehead atoms. The number of aliphatic hydroxyl groups excluding tert-OH is 1. The summed E-state index contributed by atoms with van der Waals surface area (Å²) in [4.78, 5) is 67.4. The summed E-state index contributed by atoms with van der Waals surface area (Å²) in [6.45, 7) is 2.80. The van der Waals surface area contributed by atoms with Crippen molar-refractivity contribution in [2.24, 2.45) is 29.2 Å². The zero-order chi connectivity index (χ0) is 26.5. The number of aliphatic hydroxyl groups is 1. The normalized spacial score (nSPS) is 16.3. The number of carbonyl (C=O) groups excluding carboxylic acids is 2. The third kappa shape index (κ3) is 17.7. The van der Waals surface area contributed by atoms with Crippen molar-refractivity contribution in [3.8, 4) is 0 Å². The van der Waals surface area contributed by atoms with E-state index in [4.69, 9.17) is 11.5 Å². The molecule has 0 rings (SSSR count). The minimum atomic E-state index is -5.15. The lowest BCUT2D eigenvalue weighted by Gasteiger charge is -2.55. The molecule has 6 atom stereocenters. The lowest BCUT2D eigenvalue weighted by molar-refractivity contribution is -0.510. The van der Waals surface area contributed by atoms with Crippen molar-refractivity contribution in [1.82, 2.24) is 10.8 Å². The molecule has 0 aromatic carbocycles. The van der Waals surface area contributed by atoms with E-state index >= 15 is 0 Å². The van der Waals surface area contributed by atoms with E-state index < -0.39 is 69.3 Å². The molecule has 0 heterocycles. The molecule has 0 saturated heterocycles. The Labute approximate surface area is 214 Å². The lowest BCUT2D eigenvalue weighted by Crippen LogP contribution is -2.76. The molecule has 0 aromatic heterocycles. The molecule has 6 unspecified atom stereocenters. The van der Waals surface area contributed by atoms with Crippen molar-refractivity contribution in [2.75, 3.05) is 19.4 Å². The van der Waals surface area contributed by atoms with Crippen LogP contribution in [0.3, 0.4) is 0 Å². The summed E-state index contributed by atoms with van der Waals surface area (Å²) in [7, 11) is -5.15. The van der Waals surface area contributed by atoms with Crippen LogP contribution in [-0.2, 0) is 19.1 Å². The van der Waals surface area contributed by atoms with Gasteiger partial charge in [0.2, 0.25) is 11.8 Å². The first-order valence-electron chi connectivity index (χ1n) is 11.0. The summed E-state index contributed by atoms with van der Waals surface area (Å²) in [6.07, 6.45) is -1.88. The molecule has 0 aliphatic rings.